The molecule has 1 aliphatic rings. The highest BCUT2D eigenvalue weighted by atomic mass is 16.5. The van der Waals surface area contributed by atoms with Gasteiger partial charge in [-0.2, -0.15) is 0 Å². The first-order valence-electron chi connectivity index (χ1n) is 11.5. The summed E-state index contributed by atoms with van der Waals surface area (Å²) in [6, 6.07) is 8.77. The van der Waals surface area contributed by atoms with Crippen LogP contribution in [0.3, 0.4) is 0 Å². The number of rotatable bonds is 7. The molecule has 0 bridgehead atoms. The second-order valence-corrected chi connectivity index (χ2v) is 8.85. The Hall–Kier alpha value is -1.91. The fraction of sp³-hybridized carbons (Fsp3) is 0.577. The summed E-state index contributed by atoms with van der Waals surface area (Å²) in [7, 11) is 0. The normalized spacial score (nSPS) is 20.0. The van der Waals surface area contributed by atoms with Crippen LogP contribution >= 0.6 is 0 Å². The van der Waals surface area contributed by atoms with Gasteiger partial charge in [-0.3, -0.25) is 9.88 Å². The Labute approximate surface area is 182 Å². The number of ether oxygens (including phenoxy) is 2. The third-order valence-electron chi connectivity index (χ3n) is 5.78. The van der Waals surface area contributed by atoms with E-state index in [0.29, 0.717) is 0 Å². The van der Waals surface area contributed by atoms with Crippen molar-refractivity contribution in [3.8, 4) is 17.0 Å². The lowest BCUT2D eigenvalue weighted by atomic mass is 9.94. The van der Waals surface area contributed by atoms with Crippen molar-refractivity contribution in [2.75, 3.05) is 13.1 Å². The summed E-state index contributed by atoms with van der Waals surface area (Å²) in [5.41, 5.74) is 7.26. The van der Waals surface area contributed by atoms with Crippen molar-refractivity contribution in [2.45, 2.75) is 86.2 Å². The van der Waals surface area contributed by atoms with Crippen LogP contribution in [0.4, 0.5) is 0 Å². The number of hydrogen-bond acceptors (Lipinski definition) is 4. The van der Waals surface area contributed by atoms with Gasteiger partial charge in [0.1, 0.15) is 5.75 Å². The lowest BCUT2D eigenvalue weighted by Gasteiger charge is -2.36. The molecule has 2 atom stereocenters. The van der Waals surface area contributed by atoms with E-state index in [1.807, 2.05) is 0 Å². The van der Waals surface area contributed by atoms with Crippen LogP contribution in [-0.4, -0.2) is 41.3 Å². The molecule has 0 spiro atoms. The summed E-state index contributed by atoms with van der Waals surface area (Å²) in [6.07, 6.45) is 2.61. The van der Waals surface area contributed by atoms with Gasteiger partial charge in [0.05, 0.1) is 24.0 Å². The fourth-order valence-corrected chi connectivity index (χ4v) is 4.56. The molecule has 0 N–H and O–H groups in total. The summed E-state index contributed by atoms with van der Waals surface area (Å²) >= 11 is 0. The van der Waals surface area contributed by atoms with E-state index in [-0.39, 0.29) is 18.3 Å². The van der Waals surface area contributed by atoms with Crippen molar-refractivity contribution < 1.29 is 9.47 Å². The van der Waals surface area contributed by atoms with Gasteiger partial charge in [-0.15, -0.1) is 0 Å². The predicted molar refractivity (Wildman–Crippen MR) is 124 cm³/mol. The van der Waals surface area contributed by atoms with Crippen molar-refractivity contribution in [3.63, 3.8) is 0 Å². The number of aromatic nitrogens is 1. The molecular formula is C26H38N2O2. The highest BCUT2D eigenvalue weighted by Gasteiger charge is 2.25. The number of pyridine rings is 1. The number of morpholine rings is 1. The maximum Gasteiger partial charge on any atom is 0.128 e. The van der Waals surface area contributed by atoms with Crippen LogP contribution < -0.4 is 4.74 Å². The molecule has 2 aromatic rings. The van der Waals surface area contributed by atoms with E-state index in [1.165, 1.54) is 22.3 Å². The van der Waals surface area contributed by atoms with E-state index >= 15 is 0 Å². The first-order valence-corrected chi connectivity index (χ1v) is 11.5. The molecule has 0 saturated carbocycles. The number of aryl methyl sites for hydroxylation is 3. The zero-order valence-electron chi connectivity index (χ0n) is 19.8. The van der Waals surface area contributed by atoms with Crippen LogP contribution in [0.25, 0.3) is 11.3 Å². The van der Waals surface area contributed by atoms with E-state index < -0.39 is 0 Å². The van der Waals surface area contributed by atoms with Crippen LogP contribution in [0.2, 0.25) is 0 Å². The number of hydrogen-bond donors (Lipinski definition) is 0. The fourth-order valence-electron chi connectivity index (χ4n) is 4.56. The second-order valence-electron chi connectivity index (χ2n) is 8.85. The zero-order chi connectivity index (χ0) is 21.8. The molecule has 1 aromatic carbocycles. The Balaban J connectivity index is 2.04. The Morgan fingerprint density at radius 1 is 1.10 bits per heavy atom. The highest BCUT2D eigenvalue weighted by Crippen LogP contribution is 2.34. The molecule has 30 heavy (non-hydrogen) atoms. The van der Waals surface area contributed by atoms with Gasteiger partial charge in [0.2, 0.25) is 0 Å². The average molecular weight is 411 g/mol. The van der Waals surface area contributed by atoms with Gasteiger partial charge in [0.15, 0.2) is 0 Å². The van der Waals surface area contributed by atoms with Crippen molar-refractivity contribution in [1.82, 2.24) is 9.88 Å². The molecule has 1 aromatic heterocycles. The minimum absolute atomic E-state index is 0.119. The van der Waals surface area contributed by atoms with Gasteiger partial charge in [0, 0.05) is 42.5 Å². The SMILES string of the molecule is CCc1cccc(CC)c1-c1cc(OC(C)C)c(CN2C[C@@H](C)O[C@H](C)C2)c(C)n1. The summed E-state index contributed by atoms with van der Waals surface area (Å²) in [5, 5.41) is 0. The van der Waals surface area contributed by atoms with Gasteiger partial charge in [-0.1, -0.05) is 32.0 Å². The van der Waals surface area contributed by atoms with Crippen molar-refractivity contribution in [1.29, 1.82) is 0 Å². The number of benzene rings is 1. The molecule has 1 saturated heterocycles. The monoisotopic (exact) mass is 410 g/mol. The first-order chi connectivity index (χ1) is 14.3. The Kier molecular flexibility index (Phi) is 7.54. The number of nitrogens with zero attached hydrogens (tertiary/aromatic N) is 2. The predicted octanol–water partition coefficient (Wildman–Crippen LogP) is 5.58. The Morgan fingerprint density at radius 2 is 1.70 bits per heavy atom. The average Bonchev–Trinajstić information content (AvgIpc) is 2.68. The molecule has 1 aliphatic heterocycles. The first kappa shape index (κ1) is 22.8. The van der Waals surface area contributed by atoms with E-state index in [9.17, 15) is 0 Å². The van der Waals surface area contributed by atoms with Crippen molar-refractivity contribution >= 4 is 0 Å². The van der Waals surface area contributed by atoms with E-state index in [0.717, 1.165) is 49.6 Å². The summed E-state index contributed by atoms with van der Waals surface area (Å²) in [4.78, 5) is 7.56. The lowest BCUT2D eigenvalue weighted by molar-refractivity contribution is -0.0707. The van der Waals surface area contributed by atoms with E-state index in [4.69, 9.17) is 14.5 Å². The Bertz CT molecular complexity index is 830. The third-order valence-corrected chi connectivity index (χ3v) is 5.78. The minimum Gasteiger partial charge on any atom is -0.491 e. The molecule has 4 nitrogen and oxygen atoms in total. The smallest absolute Gasteiger partial charge is 0.128 e. The van der Waals surface area contributed by atoms with Crippen LogP contribution in [0.15, 0.2) is 24.3 Å². The standard InChI is InChI=1S/C26H38N2O2/c1-8-21-11-10-12-22(9-2)26(21)24-13-25(29-17(3)4)23(20(7)27-24)16-28-14-18(5)30-19(6)15-28/h10-13,17-19H,8-9,14-16H2,1-7H3/t18-,19-/m1/s1. The molecule has 0 unspecified atom stereocenters. The van der Waals surface area contributed by atoms with Crippen LogP contribution in [0.5, 0.6) is 5.75 Å². The molecule has 0 radical (unpaired) electrons. The maximum absolute atomic E-state index is 6.33. The van der Waals surface area contributed by atoms with Gasteiger partial charge in [0.25, 0.3) is 0 Å². The van der Waals surface area contributed by atoms with E-state index in [1.54, 1.807) is 0 Å². The summed E-state index contributed by atoms with van der Waals surface area (Å²) in [6.45, 7) is 17.8. The van der Waals surface area contributed by atoms with Crippen molar-refractivity contribution in [2.24, 2.45) is 0 Å². The molecular weight excluding hydrogens is 372 g/mol. The topological polar surface area (TPSA) is 34.6 Å². The molecule has 3 rings (SSSR count). The summed E-state index contributed by atoms with van der Waals surface area (Å²) < 4.78 is 12.3. The molecule has 164 valence electrons. The van der Waals surface area contributed by atoms with Gasteiger partial charge in [-0.05, 0) is 58.6 Å². The van der Waals surface area contributed by atoms with Gasteiger partial charge in [-0.25, -0.2) is 0 Å². The third kappa shape index (κ3) is 5.22. The summed E-state index contributed by atoms with van der Waals surface area (Å²) in [5.74, 6) is 0.965. The van der Waals surface area contributed by atoms with Gasteiger partial charge >= 0.3 is 0 Å². The highest BCUT2D eigenvalue weighted by molar-refractivity contribution is 5.70. The molecule has 1 fully saturated rings. The largest absolute Gasteiger partial charge is 0.491 e. The van der Waals surface area contributed by atoms with Crippen LogP contribution in [-0.2, 0) is 24.1 Å². The van der Waals surface area contributed by atoms with Crippen LogP contribution in [0.1, 0.15) is 63.9 Å². The van der Waals surface area contributed by atoms with E-state index in [2.05, 4.69) is 77.6 Å². The van der Waals surface area contributed by atoms with Crippen molar-refractivity contribution in [3.05, 3.63) is 46.6 Å². The molecule has 2 heterocycles. The molecule has 0 amide bonds. The Morgan fingerprint density at radius 3 is 2.23 bits per heavy atom. The van der Waals surface area contributed by atoms with Crippen LogP contribution in [0, 0.1) is 6.92 Å². The maximum atomic E-state index is 6.33. The zero-order valence-corrected chi connectivity index (χ0v) is 19.8. The molecule has 0 aliphatic carbocycles. The van der Waals surface area contributed by atoms with Gasteiger partial charge < -0.3 is 9.47 Å². The second kappa shape index (κ2) is 9.93. The molecule has 4 heteroatoms. The minimum atomic E-state index is 0.119. The lowest BCUT2D eigenvalue weighted by Crippen LogP contribution is -2.45. The quantitative estimate of drug-likeness (QED) is 0.597.